The van der Waals surface area contributed by atoms with E-state index in [0.717, 1.165) is 43.6 Å². The fraction of sp³-hybridized carbons (Fsp3) is 0.400. The van der Waals surface area contributed by atoms with Gasteiger partial charge in [-0.1, -0.05) is 24.3 Å². The van der Waals surface area contributed by atoms with E-state index >= 15 is 0 Å². The molecular formula is C20H27N5S. The Balaban J connectivity index is 1.51. The Morgan fingerprint density at radius 2 is 1.96 bits per heavy atom. The van der Waals surface area contributed by atoms with Crippen molar-refractivity contribution in [3.05, 3.63) is 58.1 Å². The van der Waals surface area contributed by atoms with Crippen LogP contribution in [0.15, 0.2) is 47.6 Å². The molecule has 0 saturated carbocycles. The number of aromatic nitrogens is 1. The van der Waals surface area contributed by atoms with Crippen LogP contribution in [0.25, 0.3) is 0 Å². The first-order valence-corrected chi connectivity index (χ1v) is 9.98. The summed E-state index contributed by atoms with van der Waals surface area (Å²) in [7, 11) is 0. The standard InChI is InChI=1S/C20H27N5S/c1-3-21-20(22-11-10-19-23-14-16(2)26-19)24-15-17-6-8-18(9-7-17)25-12-4-5-13-25/h4-9,14H,3,10-13,15H2,1-2H3,(H2,21,22,24). The Bertz CT molecular complexity index is 740. The van der Waals surface area contributed by atoms with Gasteiger partial charge in [-0.3, -0.25) is 0 Å². The minimum Gasteiger partial charge on any atom is -0.364 e. The lowest BCUT2D eigenvalue weighted by Gasteiger charge is -2.17. The van der Waals surface area contributed by atoms with Gasteiger partial charge in [0.05, 0.1) is 11.6 Å². The first-order valence-electron chi connectivity index (χ1n) is 9.17. The predicted molar refractivity (Wildman–Crippen MR) is 111 cm³/mol. The van der Waals surface area contributed by atoms with E-state index in [1.54, 1.807) is 11.3 Å². The van der Waals surface area contributed by atoms with Crippen LogP contribution in [0, 0.1) is 6.92 Å². The third-order valence-corrected chi connectivity index (χ3v) is 5.16. The molecule has 2 heterocycles. The Labute approximate surface area is 159 Å². The lowest BCUT2D eigenvalue weighted by Crippen LogP contribution is -2.38. The lowest BCUT2D eigenvalue weighted by atomic mass is 10.2. The molecule has 0 atom stereocenters. The smallest absolute Gasteiger partial charge is 0.191 e. The molecule has 1 aliphatic heterocycles. The summed E-state index contributed by atoms with van der Waals surface area (Å²) in [6.45, 7) is 8.54. The van der Waals surface area contributed by atoms with E-state index in [-0.39, 0.29) is 0 Å². The van der Waals surface area contributed by atoms with Gasteiger partial charge in [0.25, 0.3) is 0 Å². The van der Waals surface area contributed by atoms with Gasteiger partial charge in [0.1, 0.15) is 0 Å². The van der Waals surface area contributed by atoms with Crippen molar-refractivity contribution in [3.8, 4) is 0 Å². The fourth-order valence-corrected chi connectivity index (χ4v) is 3.60. The van der Waals surface area contributed by atoms with Crippen molar-refractivity contribution in [2.75, 3.05) is 31.1 Å². The monoisotopic (exact) mass is 369 g/mol. The molecule has 3 rings (SSSR count). The zero-order valence-electron chi connectivity index (χ0n) is 15.5. The van der Waals surface area contributed by atoms with Crippen LogP contribution in [0.4, 0.5) is 5.69 Å². The molecule has 1 aromatic heterocycles. The van der Waals surface area contributed by atoms with E-state index in [1.165, 1.54) is 16.1 Å². The molecule has 6 heteroatoms. The SMILES string of the molecule is CCNC(=NCc1ccc(N2CC=CC2)cc1)NCCc1ncc(C)s1. The molecular weight excluding hydrogens is 342 g/mol. The molecule has 0 saturated heterocycles. The van der Waals surface area contributed by atoms with Gasteiger partial charge in [-0.05, 0) is 31.5 Å². The molecule has 5 nitrogen and oxygen atoms in total. The molecule has 1 aliphatic rings. The van der Waals surface area contributed by atoms with Crippen molar-refractivity contribution < 1.29 is 0 Å². The van der Waals surface area contributed by atoms with Crippen molar-refractivity contribution >= 4 is 23.0 Å². The van der Waals surface area contributed by atoms with Gasteiger partial charge in [-0.15, -0.1) is 11.3 Å². The number of nitrogens with zero attached hydrogens (tertiary/aromatic N) is 3. The fourth-order valence-electron chi connectivity index (χ4n) is 2.82. The number of hydrogen-bond donors (Lipinski definition) is 2. The third kappa shape index (κ3) is 5.33. The molecule has 2 aromatic rings. The molecule has 2 N–H and O–H groups in total. The van der Waals surface area contributed by atoms with E-state index in [2.05, 4.69) is 70.8 Å². The van der Waals surface area contributed by atoms with Crippen molar-refractivity contribution in [1.29, 1.82) is 0 Å². The molecule has 0 unspecified atom stereocenters. The Hall–Kier alpha value is -2.34. The Morgan fingerprint density at radius 3 is 2.62 bits per heavy atom. The molecule has 0 aliphatic carbocycles. The average Bonchev–Trinajstić information content (AvgIpc) is 3.32. The zero-order chi connectivity index (χ0) is 18.2. The second kappa shape index (κ2) is 9.38. The maximum Gasteiger partial charge on any atom is 0.191 e. The van der Waals surface area contributed by atoms with Gasteiger partial charge in [0, 0.05) is 49.4 Å². The second-order valence-electron chi connectivity index (χ2n) is 6.28. The summed E-state index contributed by atoms with van der Waals surface area (Å²) in [5.74, 6) is 0.855. The summed E-state index contributed by atoms with van der Waals surface area (Å²) in [5.41, 5.74) is 2.49. The summed E-state index contributed by atoms with van der Waals surface area (Å²) >= 11 is 1.75. The number of aliphatic imine (C=N–C) groups is 1. The van der Waals surface area contributed by atoms with Gasteiger partial charge in [0.2, 0.25) is 0 Å². The van der Waals surface area contributed by atoms with E-state index in [9.17, 15) is 0 Å². The number of anilines is 1. The van der Waals surface area contributed by atoms with Gasteiger partial charge < -0.3 is 15.5 Å². The van der Waals surface area contributed by atoms with Crippen LogP contribution in [0.5, 0.6) is 0 Å². The van der Waals surface area contributed by atoms with Crippen LogP contribution < -0.4 is 15.5 Å². The lowest BCUT2D eigenvalue weighted by molar-refractivity contribution is 0.796. The Kier molecular flexibility index (Phi) is 6.66. The van der Waals surface area contributed by atoms with Crippen LogP contribution in [0.3, 0.4) is 0 Å². The third-order valence-electron chi connectivity index (χ3n) is 4.18. The second-order valence-corrected chi connectivity index (χ2v) is 7.60. The van der Waals surface area contributed by atoms with E-state index < -0.39 is 0 Å². The molecule has 26 heavy (non-hydrogen) atoms. The number of thiazole rings is 1. The number of rotatable bonds is 7. The number of nitrogens with one attached hydrogen (secondary N) is 2. The van der Waals surface area contributed by atoms with Crippen molar-refractivity contribution in [2.24, 2.45) is 4.99 Å². The summed E-state index contributed by atoms with van der Waals surface area (Å²) < 4.78 is 0. The van der Waals surface area contributed by atoms with Crippen LogP contribution in [0.2, 0.25) is 0 Å². The molecule has 0 spiro atoms. The number of hydrogen-bond acceptors (Lipinski definition) is 4. The number of benzene rings is 1. The van der Waals surface area contributed by atoms with Crippen molar-refractivity contribution in [3.63, 3.8) is 0 Å². The maximum atomic E-state index is 4.70. The highest BCUT2D eigenvalue weighted by Gasteiger charge is 2.07. The van der Waals surface area contributed by atoms with Crippen molar-refractivity contribution in [1.82, 2.24) is 15.6 Å². The van der Waals surface area contributed by atoms with Crippen LogP contribution in [-0.2, 0) is 13.0 Å². The number of aryl methyl sites for hydroxylation is 1. The number of guanidine groups is 1. The quantitative estimate of drug-likeness (QED) is 0.447. The van der Waals surface area contributed by atoms with Crippen molar-refractivity contribution in [2.45, 2.75) is 26.8 Å². The minimum absolute atomic E-state index is 0.671. The average molecular weight is 370 g/mol. The normalized spacial score (nSPS) is 14.1. The van der Waals surface area contributed by atoms with Crippen LogP contribution in [0.1, 0.15) is 22.4 Å². The first-order chi connectivity index (χ1) is 12.7. The molecule has 1 aromatic carbocycles. The summed E-state index contributed by atoms with van der Waals surface area (Å²) in [6.07, 6.45) is 7.27. The highest BCUT2D eigenvalue weighted by molar-refractivity contribution is 7.11. The summed E-state index contributed by atoms with van der Waals surface area (Å²) in [5, 5.41) is 7.86. The highest BCUT2D eigenvalue weighted by Crippen LogP contribution is 2.18. The van der Waals surface area contributed by atoms with E-state index in [4.69, 9.17) is 4.99 Å². The summed E-state index contributed by atoms with van der Waals surface area (Å²) in [6, 6.07) is 8.70. The largest absolute Gasteiger partial charge is 0.364 e. The van der Waals surface area contributed by atoms with Gasteiger partial charge in [-0.2, -0.15) is 0 Å². The zero-order valence-corrected chi connectivity index (χ0v) is 16.4. The van der Waals surface area contributed by atoms with E-state index in [1.807, 2.05) is 6.20 Å². The van der Waals surface area contributed by atoms with Gasteiger partial charge in [-0.25, -0.2) is 9.98 Å². The molecule has 0 radical (unpaired) electrons. The minimum atomic E-state index is 0.671. The molecule has 0 bridgehead atoms. The topological polar surface area (TPSA) is 52.6 Å². The Morgan fingerprint density at radius 1 is 1.19 bits per heavy atom. The first kappa shape index (κ1) is 18.5. The van der Waals surface area contributed by atoms with Gasteiger partial charge >= 0.3 is 0 Å². The summed E-state index contributed by atoms with van der Waals surface area (Å²) in [4.78, 5) is 12.7. The van der Waals surface area contributed by atoms with E-state index in [0.29, 0.717) is 6.54 Å². The predicted octanol–water partition coefficient (Wildman–Crippen LogP) is 3.13. The molecule has 0 amide bonds. The van der Waals surface area contributed by atoms with Crippen LogP contribution >= 0.6 is 11.3 Å². The molecule has 138 valence electrons. The maximum absolute atomic E-state index is 4.70. The molecule has 0 fully saturated rings. The van der Waals surface area contributed by atoms with Crippen LogP contribution in [-0.4, -0.2) is 37.1 Å². The highest BCUT2D eigenvalue weighted by atomic mass is 32.1. The van der Waals surface area contributed by atoms with Gasteiger partial charge in [0.15, 0.2) is 5.96 Å².